The number of nitrogens with two attached hydrogens (primary N) is 1. The molecule has 0 aromatic carbocycles. The van der Waals surface area contributed by atoms with Crippen LogP contribution in [0.5, 0.6) is 0 Å². The minimum atomic E-state index is -0.0188. The van der Waals surface area contributed by atoms with Crippen LogP contribution in [0.25, 0.3) is 0 Å². The smallest absolute Gasteiger partial charge is 0.191 e. The van der Waals surface area contributed by atoms with E-state index in [4.69, 9.17) is 15.2 Å². The Bertz CT molecular complexity index is 488. The zero-order chi connectivity index (χ0) is 14.7. The Kier molecular flexibility index (Phi) is 4.51. The molecular formula is C14H22N4O2S. The van der Waals surface area contributed by atoms with Crippen LogP contribution in [-0.4, -0.2) is 47.7 Å². The number of aromatic nitrogens is 2. The first kappa shape index (κ1) is 14.9. The van der Waals surface area contributed by atoms with Crippen LogP contribution >= 0.6 is 11.8 Å². The minimum Gasteiger partial charge on any atom is -0.383 e. The zero-order valence-electron chi connectivity index (χ0n) is 12.3. The Morgan fingerprint density at radius 1 is 1.33 bits per heavy atom. The molecule has 1 spiro atoms. The van der Waals surface area contributed by atoms with Crippen LogP contribution in [0.3, 0.4) is 0 Å². The maximum absolute atomic E-state index is 6.06. The van der Waals surface area contributed by atoms with Gasteiger partial charge in [-0.15, -0.1) is 0 Å². The molecule has 3 heterocycles. The van der Waals surface area contributed by atoms with Gasteiger partial charge in [-0.05, 0) is 31.9 Å². The molecule has 21 heavy (non-hydrogen) atoms. The van der Waals surface area contributed by atoms with Crippen LogP contribution in [0.4, 0.5) is 11.6 Å². The fourth-order valence-electron chi connectivity index (χ4n) is 3.06. The van der Waals surface area contributed by atoms with Gasteiger partial charge in [0.2, 0.25) is 0 Å². The third-order valence-electron chi connectivity index (χ3n) is 4.16. The van der Waals surface area contributed by atoms with E-state index in [0.29, 0.717) is 17.0 Å². The normalized spacial score (nSPS) is 24.9. The minimum absolute atomic E-state index is 0.0188. The topological polar surface area (TPSA) is 82.3 Å². The van der Waals surface area contributed by atoms with Gasteiger partial charge in [0.1, 0.15) is 11.6 Å². The highest BCUT2D eigenvalue weighted by Crippen LogP contribution is 2.35. The van der Waals surface area contributed by atoms with E-state index in [1.807, 2.05) is 6.26 Å². The molecule has 3 N–H and O–H groups in total. The summed E-state index contributed by atoms with van der Waals surface area (Å²) in [5.41, 5.74) is 5.81. The lowest BCUT2D eigenvalue weighted by Gasteiger charge is -2.43. The maximum Gasteiger partial charge on any atom is 0.191 e. The van der Waals surface area contributed by atoms with Crippen molar-refractivity contribution in [3.8, 4) is 0 Å². The number of hydrogen-bond donors (Lipinski definition) is 2. The summed E-state index contributed by atoms with van der Waals surface area (Å²) in [6.07, 6.45) is 5.89. The first-order valence-electron chi connectivity index (χ1n) is 7.36. The Morgan fingerprint density at radius 2 is 2.14 bits per heavy atom. The highest BCUT2D eigenvalue weighted by Gasteiger charge is 2.39. The fraction of sp³-hybridized carbons (Fsp3) is 0.714. The van der Waals surface area contributed by atoms with Crippen molar-refractivity contribution in [2.45, 2.75) is 42.5 Å². The van der Waals surface area contributed by atoms with Gasteiger partial charge in [0, 0.05) is 31.9 Å². The van der Waals surface area contributed by atoms with Gasteiger partial charge >= 0.3 is 0 Å². The zero-order valence-corrected chi connectivity index (χ0v) is 13.1. The molecule has 1 aromatic heterocycles. The van der Waals surface area contributed by atoms with Gasteiger partial charge in [0.15, 0.2) is 5.16 Å². The van der Waals surface area contributed by atoms with Gasteiger partial charge in [-0.2, -0.15) is 0 Å². The quantitative estimate of drug-likeness (QED) is 0.652. The molecule has 0 aliphatic carbocycles. The number of nitrogen functional groups attached to an aromatic ring is 1. The third-order valence-corrected chi connectivity index (χ3v) is 4.70. The molecule has 2 aliphatic rings. The van der Waals surface area contributed by atoms with Crippen molar-refractivity contribution >= 4 is 23.4 Å². The number of nitrogens with one attached hydrogen (secondary N) is 1. The second-order valence-corrected chi connectivity index (χ2v) is 6.42. The average Bonchev–Trinajstić information content (AvgIpc) is 2.47. The van der Waals surface area contributed by atoms with Gasteiger partial charge in [-0.3, -0.25) is 0 Å². The molecule has 0 unspecified atom stereocenters. The van der Waals surface area contributed by atoms with Crippen LogP contribution in [0.2, 0.25) is 0 Å². The monoisotopic (exact) mass is 310 g/mol. The van der Waals surface area contributed by atoms with E-state index in [0.717, 1.165) is 51.3 Å². The van der Waals surface area contributed by atoms with Crippen LogP contribution in [0, 0.1) is 0 Å². The van der Waals surface area contributed by atoms with E-state index >= 15 is 0 Å². The maximum atomic E-state index is 6.06. The molecule has 0 radical (unpaired) electrons. The van der Waals surface area contributed by atoms with Crippen molar-refractivity contribution in [2.24, 2.45) is 0 Å². The number of thioether (sulfide) groups is 1. The highest BCUT2D eigenvalue weighted by molar-refractivity contribution is 7.98. The Balaban J connectivity index is 1.68. The summed E-state index contributed by atoms with van der Waals surface area (Å²) in [5, 5.41) is 4.20. The van der Waals surface area contributed by atoms with Crippen molar-refractivity contribution < 1.29 is 9.47 Å². The van der Waals surface area contributed by atoms with E-state index in [1.54, 1.807) is 6.07 Å². The number of anilines is 2. The molecule has 2 aliphatic heterocycles. The standard InChI is InChI=1S/C14H22N4O2S/c1-21-13-17-11(15)8-12(18-13)16-10-2-5-20-14(9-10)3-6-19-7-4-14/h8,10H,2-7,9H2,1H3,(H3,15,16,17,18)/t10-/m0/s1. The Morgan fingerprint density at radius 3 is 2.90 bits per heavy atom. The van der Waals surface area contributed by atoms with Crippen molar-refractivity contribution in [3.63, 3.8) is 0 Å². The molecular weight excluding hydrogens is 288 g/mol. The lowest BCUT2D eigenvalue weighted by molar-refractivity contribution is -0.135. The molecule has 0 saturated carbocycles. The van der Waals surface area contributed by atoms with Crippen LogP contribution in [0.1, 0.15) is 25.7 Å². The fourth-order valence-corrected chi connectivity index (χ4v) is 3.45. The van der Waals surface area contributed by atoms with Gasteiger partial charge < -0.3 is 20.5 Å². The van der Waals surface area contributed by atoms with Crippen molar-refractivity contribution in [1.29, 1.82) is 0 Å². The molecule has 0 amide bonds. The Hall–Kier alpha value is -1.05. The van der Waals surface area contributed by atoms with Crippen LogP contribution in [-0.2, 0) is 9.47 Å². The van der Waals surface area contributed by atoms with E-state index in [2.05, 4.69) is 15.3 Å². The molecule has 2 fully saturated rings. The number of hydrogen-bond acceptors (Lipinski definition) is 7. The molecule has 1 atom stereocenters. The predicted molar refractivity (Wildman–Crippen MR) is 83.6 cm³/mol. The highest BCUT2D eigenvalue weighted by atomic mass is 32.2. The van der Waals surface area contributed by atoms with Gasteiger partial charge in [0.05, 0.1) is 5.60 Å². The second kappa shape index (κ2) is 6.37. The summed E-state index contributed by atoms with van der Waals surface area (Å²) in [4.78, 5) is 8.65. The van der Waals surface area contributed by atoms with Gasteiger partial charge in [0.25, 0.3) is 0 Å². The first-order valence-corrected chi connectivity index (χ1v) is 8.58. The Labute approximate surface area is 129 Å². The molecule has 2 saturated heterocycles. The SMILES string of the molecule is CSc1nc(N)cc(N[C@H]2CCOC3(CCOCC3)C2)n1. The molecule has 6 nitrogen and oxygen atoms in total. The van der Waals surface area contributed by atoms with Gasteiger partial charge in [-0.25, -0.2) is 9.97 Å². The third kappa shape index (κ3) is 3.59. The summed E-state index contributed by atoms with van der Waals surface area (Å²) in [6.45, 7) is 2.38. The van der Waals surface area contributed by atoms with Crippen molar-refractivity contribution in [2.75, 3.05) is 37.1 Å². The van der Waals surface area contributed by atoms with Gasteiger partial charge in [-0.1, -0.05) is 11.8 Å². The van der Waals surface area contributed by atoms with E-state index < -0.39 is 0 Å². The van der Waals surface area contributed by atoms with Crippen molar-refractivity contribution in [3.05, 3.63) is 6.07 Å². The van der Waals surface area contributed by atoms with Crippen LogP contribution < -0.4 is 11.1 Å². The number of ether oxygens (including phenoxy) is 2. The first-order chi connectivity index (χ1) is 10.2. The molecule has 0 bridgehead atoms. The summed E-state index contributed by atoms with van der Waals surface area (Å²) < 4.78 is 11.5. The largest absolute Gasteiger partial charge is 0.383 e. The lowest BCUT2D eigenvalue weighted by Crippen LogP contribution is -2.47. The average molecular weight is 310 g/mol. The number of nitrogens with zero attached hydrogens (tertiary/aromatic N) is 2. The van der Waals surface area contributed by atoms with Crippen molar-refractivity contribution in [1.82, 2.24) is 9.97 Å². The van der Waals surface area contributed by atoms with E-state index in [9.17, 15) is 0 Å². The summed E-state index contributed by atoms with van der Waals surface area (Å²) in [5.74, 6) is 1.31. The second-order valence-electron chi connectivity index (χ2n) is 5.64. The molecule has 7 heteroatoms. The molecule has 3 rings (SSSR count). The summed E-state index contributed by atoms with van der Waals surface area (Å²) >= 11 is 1.50. The van der Waals surface area contributed by atoms with Crippen LogP contribution in [0.15, 0.2) is 11.2 Å². The molecule has 116 valence electrons. The van der Waals surface area contributed by atoms with E-state index in [-0.39, 0.29) is 5.60 Å². The summed E-state index contributed by atoms with van der Waals surface area (Å²) in [6, 6.07) is 2.16. The predicted octanol–water partition coefficient (Wildman–Crippen LogP) is 1.92. The summed E-state index contributed by atoms with van der Waals surface area (Å²) in [7, 11) is 0. The lowest BCUT2D eigenvalue weighted by atomic mass is 9.84. The molecule has 1 aromatic rings. The van der Waals surface area contributed by atoms with E-state index in [1.165, 1.54) is 11.8 Å². The number of rotatable bonds is 3.